The highest BCUT2D eigenvalue weighted by molar-refractivity contribution is 4.75. The standard InChI is InChI=1S/C14H27NO/c1-3-4-5-6-7-10-15-11-8-14(9-12-15)13(2)16/h3,13-14,16H,1,4-12H2,2H3. The van der Waals surface area contributed by atoms with Gasteiger partial charge in [0.1, 0.15) is 0 Å². The molecular formula is C14H27NO. The van der Waals surface area contributed by atoms with Crippen LogP contribution >= 0.6 is 0 Å². The fourth-order valence-electron chi connectivity index (χ4n) is 2.46. The quantitative estimate of drug-likeness (QED) is 0.532. The van der Waals surface area contributed by atoms with Gasteiger partial charge in [-0.1, -0.05) is 12.5 Å². The van der Waals surface area contributed by atoms with Crippen molar-refractivity contribution < 1.29 is 5.11 Å². The molecule has 0 aromatic heterocycles. The van der Waals surface area contributed by atoms with Gasteiger partial charge in [0.25, 0.3) is 0 Å². The molecule has 1 rings (SSSR count). The third-order valence-electron chi connectivity index (χ3n) is 3.70. The maximum absolute atomic E-state index is 9.51. The summed E-state index contributed by atoms with van der Waals surface area (Å²) in [5.74, 6) is 0.539. The summed E-state index contributed by atoms with van der Waals surface area (Å²) in [7, 11) is 0. The van der Waals surface area contributed by atoms with Gasteiger partial charge in [0.05, 0.1) is 6.10 Å². The van der Waals surface area contributed by atoms with Gasteiger partial charge >= 0.3 is 0 Å². The van der Waals surface area contributed by atoms with Crippen molar-refractivity contribution in [1.82, 2.24) is 4.90 Å². The number of allylic oxidation sites excluding steroid dienone is 1. The fourth-order valence-corrected chi connectivity index (χ4v) is 2.46. The monoisotopic (exact) mass is 225 g/mol. The second kappa shape index (κ2) is 7.86. The molecule has 16 heavy (non-hydrogen) atoms. The molecule has 94 valence electrons. The summed E-state index contributed by atoms with van der Waals surface area (Å²) in [6.45, 7) is 9.26. The first kappa shape index (κ1) is 13.7. The molecule has 2 heteroatoms. The van der Waals surface area contributed by atoms with E-state index in [-0.39, 0.29) is 6.10 Å². The van der Waals surface area contributed by atoms with E-state index < -0.39 is 0 Å². The molecule has 2 nitrogen and oxygen atoms in total. The summed E-state index contributed by atoms with van der Waals surface area (Å²) < 4.78 is 0. The molecule has 0 amide bonds. The van der Waals surface area contributed by atoms with E-state index in [1.807, 2.05) is 13.0 Å². The minimum Gasteiger partial charge on any atom is -0.393 e. The normalized spacial score (nSPS) is 20.9. The highest BCUT2D eigenvalue weighted by Gasteiger charge is 2.21. The summed E-state index contributed by atoms with van der Waals surface area (Å²) in [4.78, 5) is 2.55. The second-order valence-corrected chi connectivity index (χ2v) is 5.06. The SMILES string of the molecule is C=CCCCCCN1CCC(C(C)O)CC1. The van der Waals surface area contributed by atoms with Gasteiger partial charge < -0.3 is 10.0 Å². The van der Waals surface area contributed by atoms with Gasteiger partial charge in [-0.05, 0) is 64.6 Å². The number of piperidine rings is 1. The van der Waals surface area contributed by atoms with Crippen LogP contribution in [0.3, 0.4) is 0 Å². The van der Waals surface area contributed by atoms with Crippen LogP contribution in [-0.2, 0) is 0 Å². The lowest BCUT2D eigenvalue weighted by Gasteiger charge is -2.33. The molecule has 0 bridgehead atoms. The summed E-state index contributed by atoms with van der Waals surface area (Å²) in [5.41, 5.74) is 0. The van der Waals surface area contributed by atoms with Crippen LogP contribution in [0.2, 0.25) is 0 Å². The maximum Gasteiger partial charge on any atom is 0.0541 e. The molecule has 0 aromatic carbocycles. The maximum atomic E-state index is 9.51. The van der Waals surface area contributed by atoms with Crippen molar-refractivity contribution in [3.05, 3.63) is 12.7 Å². The van der Waals surface area contributed by atoms with Crippen LogP contribution in [0, 0.1) is 5.92 Å². The molecule has 1 N–H and O–H groups in total. The first-order valence-corrected chi connectivity index (χ1v) is 6.75. The number of hydrogen-bond acceptors (Lipinski definition) is 2. The Bertz CT molecular complexity index is 183. The van der Waals surface area contributed by atoms with E-state index in [9.17, 15) is 5.11 Å². The first-order chi connectivity index (χ1) is 7.74. The van der Waals surface area contributed by atoms with Crippen molar-refractivity contribution in [3.8, 4) is 0 Å². The number of rotatable bonds is 7. The molecule has 1 aliphatic rings. The zero-order valence-corrected chi connectivity index (χ0v) is 10.7. The molecule has 1 unspecified atom stereocenters. The van der Waals surface area contributed by atoms with Crippen LogP contribution in [0.25, 0.3) is 0 Å². The van der Waals surface area contributed by atoms with Gasteiger partial charge in [-0.3, -0.25) is 0 Å². The van der Waals surface area contributed by atoms with E-state index in [2.05, 4.69) is 11.5 Å². The molecule has 1 aliphatic heterocycles. The van der Waals surface area contributed by atoms with Crippen LogP contribution in [0.4, 0.5) is 0 Å². The molecule has 1 heterocycles. The number of aliphatic hydroxyl groups excluding tert-OH is 1. The average molecular weight is 225 g/mol. The zero-order chi connectivity index (χ0) is 11.8. The number of hydrogen-bond donors (Lipinski definition) is 1. The molecule has 0 radical (unpaired) electrons. The van der Waals surface area contributed by atoms with Crippen molar-refractivity contribution in [2.75, 3.05) is 19.6 Å². The van der Waals surface area contributed by atoms with E-state index in [0.29, 0.717) is 5.92 Å². The highest BCUT2D eigenvalue weighted by atomic mass is 16.3. The van der Waals surface area contributed by atoms with E-state index in [0.717, 1.165) is 6.42 Å². The van der Waals surface area contributed by atoms with Crippen LogP contribution < -0.4 is 0 Å². The minimum absolute atomic E-state index is 0.116. The molecular weight excluding hydrogens is 198 g/mol. The first-order valence-electron chi connectivity index (χ1n) is 6.75. The lowest BCUT2D eigenvalue weighted by Crippen LogP contribution is -2.37. The van der Waals surface area contributed by atoms with Crippen LogP contribution in [-0.4, -0.2) is 35.7 Å². The minimum atomic E-state index is -0.116. The van der Waals surface area contributed by atoms with Crippen LogP contribution in [0.1, 0.15) is 45.4 Å². The van der Waals surface area contributed by atoms with Crippen molar-refractivity contribution in [3.63, 3.8) is 0 Å². The van der Waals surface area contributed by atoms with E-state index in [4.69, 9.17) is 0 Å². The lowest BCUT2D eigenvalue weighted by molar-refractivity contribution is 0.0713. The summed E-state index contributed by atoms with van der Waals surface area (Å²) in [6, 6.07) is 0. The number of unbranched alkanes of at least 4 members (excludes halogenated alkanes) is 3. The summed E-state index contributed by atoms with van der Waals surface area (Å²) in [5, 5.41) is 9.51. The van der Waals surface area contributed by atoms with Crippen molar-refractivity contribution >= 4 is 0 Å². The Kier molecular flexibility index (Phi) is 6.74. The molecule has 1 fully saturated rings. The molecule has 1 saturated heterocycles. The predicted molar refractivity (Wildman–Crippen MR) is 69.5 cm³/mol. The smallest absolute Gasteiger partial charge is 0.0541 e. The van der Waals surface area contributed by atoms with Crippen LogP contribution in [0.15, 0.2) is 12.7 Å². The fraction of sp³-hybridized carbons (Fsp3) is 0.857. The molecule has 0 aromatic rings. The molecule has 0 aliphatic carbocycles. The summed E-state index contributed by atoms with van der Waals surface area (Å²) in [6.07, 6.45) is 9.31. The predicted octanol–water partition coefficient (Wildman–Crippen LogP) is 2.83. The third kappa shape index (κ3) is 5.13. The Morgan fingerprint density at radius 1 is 1.31 bits per heavy atom. The topological polar surface area (TPSA) is 23.5 Å². The van der Waals surface area contributed by atoms with Gasteiger partial charge in [-0.25, -0.2) is 0 Å². The molecule has 0 saturated carbocycles. The van der Waals surface area contributed by atoms with Gasteiger partial charge in [0, 0.05) is 0 Å². The molecule has 1 atom stereocenters. The Balaban J connectivity index is 2.01. The largest absolute Gasteiger partial charge is 0.393 e. The van der Waals surface area contributed by atoms with E-state index in [1.54, 1.807) is 0 Å². The van der Waals surface area contributed by atoms with Gasteiger partial charge in [0.15, 0.2) is 0 Å². The van der Waals surface area contributed by atoms with Crippen molar-refractivity contribution in [2.24, 2.45) is 5.92 Å². The van der Waals surface area contributed by atoms with Crippen LogP contribution in [0.5, 0.6) is 0 Å². The summed E-state index contributed by atoms with van der Waals surface area (Å²) >= 11 is 0. The molecule has 0 spiro atoms. The number of nitrogens with zero attached hydrogens (tertiary/aromatic N) is 1. The average Bonchev–Trinajstić information content (AvgIpc) is 2.29. The zero-order valence-electron chi connectivity index (χ0n) is 10.7. The second-order valence-electron chi connectivity index (χ2n) is 5.06. The number of likely N-dealkylation sites (tertiary alicyclic amines) is 1. The Morgan fingerprint density at radius 2 is 2.00 bits per heavy atom. The third-order valence-corrected chi connectivity index (χ3v) is 3.70. The van der Waals surface area contributed by atoms with Gasteiger partial charge in [-0.15, -0.1) is 6.58 Å². The Hall–Kier alpha value is -0.340. The van der Waals surface area contributed by atoms with E-state index >= 15 is 0 Å². The lowest BCUT2D eigenvalue weighted by atomic mass is 9.92. The van der Waals surface area contributed by atoms with Crippen molar-refractivity contribution in [1.29, 1.82) is 0 Å². The van der Waals surface area contributed by atoms with Gasteiger partial charge in [0.2, 0.25) is 0 Å². The number of aliphatic hydroxyl groups is 1. The van der Waals surface area contributed by atoms with Crippen molar-refractivity contribution in [2.45, 2.75) is 51.6 Å². The highest BCUT2D eigenvalue weighted by Crippen LogP contribution is 2.20. The Labute approximate surface area is 100 Å². The van der Waals surface area contributed by atoms with Gasteiger partial charge in [-0.2, -0.15) is 0 Å². The Morgan fingerprint density at radius 3 is 2.56 bits per heavy atom. The van der Waals surface area contributed by atoms with E-state index in [1.165, 1.54) is 51.7 Å².